The van der Waals surface area contributed by atoms with Gasteiger partial charge < -0.3 is 5.32 Å². The van der Waals surface area contributed by atoms with Crippen molar-refractivity contribution in [3.8, 4) is 0 Å². The Labute approximate surface area is 86.8 Å². The second-order valence-electron chi connectivity index (χ2n) is 4.84. The van der Waals surface area contributed by atoms with Crippen LogP contribution in [0.4, 0.5) is 0 Å². The number of pyridine rings is 1. The molecule has 0 saturated carbocycles. The van der Waals surface area contributed by atoms with Gasteiger partial charge in [0.1, 0.15) is 0 Å². The molecule has 0 aliphatic heterocycles. The molecule has 0 amide bonds. The molecule has 0 spiro atoms. The summed E-state index contributed by atoms with van der Waals surface area (Å²) in [7, 11) is 0. The first-order valence-corrected chi connectivity index (χ1v) is 5.17. The maximum Gasteiger partial charge on any atom is 0.0270 e. The van der Waals surface area contributed by atoms with Crippen LogP contribution in [0.25, 0.3) is 0 Å². The molecular formula is C12H20N2. The Morgan fingerprint density at radius 2 is 1.86 bits per heavy atom. The predicted octanol–water partition coefficient (Wildman–Crippen LogP) is 2.26. The van der Waals surface area contributed by atoms with Gasteiger partial charge in [0.05, 0.1) is 0 Å². The summed E-state index contributed by atoms with van der Waals surface area (Å²) in [4.78, 5) is 3.99. The van der Waals surface area contributed by atoms with E-state index in [0.29, 0.717) is 5.41 Å². The molecule has 0 aliphatic carbocycles. The van der Waals surface area contributed by atoms with Gasteiger partial charge in [-0.25, -0.2) is 0 Å². The molecule has 1 N–H and O–H groups in total. The monoisotopic (exact) mass is 192 g/mol. The van der Waals surface area contributed by atoms with Crippen molar-refractivity contribution in [2.45, 2.75) is 27.2 Å². The SMILES string of the molecule is CC(C)(C)CNCCc1ccncc1. The molecule has 0 aromatic carbocycles. The Hall–Kier alpha value is -0.890. The van der Waals surface area contributed by atoms with Crippen molar-refractivity contribution in [1.29, 1.82) is 0 Å². The lowest BCUT2D eigenvalue weighted by Gasteiger charge is -2.18. The van der Waals surface area contributed by atoms with E-state index < -0.39 is 0 Å². The Bertz CT molecular complexity index is 249. The van der Waals surface area contributed by atoms with Crippen LogP contribution in [0.1, 0.15) is 26.3 Å². The summed E-state index contributed by atoms with van der Waals surface area (Å²) in [5, 5.41) is 3.45. The van der Waals surface area contributed by atoms with Crippen molar-refractivity contribution in [3.05, 3.63) is 30.1 Å². The fraction of sp³-hybridized carbons (Fsp3) is 0.583. The highest BCUT2D eigenvalue weighted by molar-refractivity contribution is 5.09. The van der Waals surface area contributed by atoms with Crippen molar-refractivity contribution in [1.82, 2.24) is 10.3 Å². The van der Waals surface area contributed by atoms with Gasteiger partial charge in [0.25, 0.3) is 0 Å². The van der Waals surface area contributed by atoms with Gasteiger partial charge in [-0.3, -0.25) is 4.98 Å². The quantitative estimate of drug-likeness (QED) is 0.740. The van der Waals surface area contributed by atoms with Crippen molar-refractivity contribution in [2.24, 2.45) is 5.41 Å². The number of rotatable bonds is 4. The number of hydrogen-bond donors (Lipinski definition) is 1. The van der Waals surface area contributed by atoms with E-state index in [1.807, 2.05) is 12.4 Å². The van der Waals surface area contributed by atoms with Gasteiger partial charge in [-0.2, -0.15) is 0 Å². The summed E-state index contributed by atoms with van der Waals surface area (Å²) in [6, 6.07) is 4.14. The van der Waals surface area contributed by atoms with Gasteiger partial charge in [-0.1, -0.05) is 20.8 Å². The Balaban J connectivity index is 2.17. The van der Waals surface area contributed by atoms with Crippen LogP contribution < -0.4 is 5.32 Å². The fourth-order valence-corrected chi connectivity index (χ4v) is 1.25. The molecule has 1 aromatic rings. The van der Waals surface area contributed by atoms with Crippen LogP contribution in [0.3, 0.4) is 0 Å². The van der Waals surface area contributed by atoms with Gasteiger partial charge >= 0.3 is 0 Å². The molecule has 0 saturated heterocycles. The van der Waals surface area contributed by atoms with E-state index in [9.17, 15) is 0 Å². The second-order valence-corrected chi connectivity index (χ2v) is 4.84. The first kappa shape index (κ1) is 11.2. The molecule has 0 radical (unpaired) electrons. The Morgan fingerprint density at radius 3 is 2.43 bits per heavy atom. The third-order valence-electron chi connectivity index (χ3n) is 2.00. The maximum absolute atomic E-state index is 3.99. The lowest BCUT2D eigenvalue weighted by atomic mass is 9.97. The van der Waals surface area contributed by atoms with Gasteiger partial charge in [-0.15, -0.1) is 0 Å². The largest absolute Gasteiger partial charge is 0.316 e. The number of aromatic nitrogens is 1. The van der Waals surface area contributed by atoms with E-state index in [1.165, 1.54) is 5.56 Å². The lowest BCUT2D eigenvalue weighted by Crippen LogP contribution is -2.28. The number of nitrogens with one attached hydrogen (secondary N) is 1. The average Bonchev–Trinajstić information content (AvgIpc) is 2.13. The molecule has 14 heavy (non-hydrogen) atoms. The highest BCUT2D eigenvalue weighted by Crippen LogP contribution is 2.10. The molecule has 1 aromatic heterocycles. The summed E-state index contributed by atoms with van der Waals surface area (Å²) >= 11 is 0. The minimum absolute atomic E-state index is 0.373. The fourth-order valence-electron chi connectivity index (χ4n) is 1.25. The average molecular weight is 192 g/mol. The van der Waals surface area contributed by atoms with Crippen LogP contribution in [-0.4, -0.2) is 18.1 Å². The van der Waals surface area contributed by atoms with Crippen LogP contribution >= 0.6 is 0 Å². The minimum Gasteiger partial charge on any atom is -0.316 e. The molecule has 0 aliphatic rings. The summed E-state index contributed by atoms with van der Waals surface area (Å²) in [6.45, 7) is 8.84. The van der Waals surface area contributed by atoms with E-state index in [0.717, 1.165) is 19.5 Å². The topological polar surface area (TPSA) is 24.9 Å². The van der Waals surface area contributed by atoms with Crippen LogP contribution in [0.2, 0.25) is 0 Å². The summed E-state index contributed by atoms with van der Waals surface area (Å²) in [6.07, 6.45) is 4.77. The third kappa shape index (κ3) is 4.97. The van der Waals surface area contributed by atoms with Gasteiger partial charge in [0, 0.05) is 18.9 Å². The molecule has 1 heterocycles. The highest BCUT2D eigenvalue weighted by atomic mass is 14.9. The lowest BCUT2D eigenvalue weighted by molar-refractivity contribution is 0.381. The van der Waals surface area contributed by atoms with Gasteiger partial charge in [-0.05, 0) is 36.1 Å². The smallest absolute Gasteiger partial charge is 0.0270 e. The van der Waals surface area contributed by atoms with E-state index in [4.69, 9.17) is 0 Å². The van der Waals surface area contributed by atoms with Crippen LogP contribution in [0, 0.1) is 5.41 Å². The molecule has 1 rings (SSSR count). The van der Waals surface area contributed by atoms with E-state index >= 15 is 0 Å². The molecule has 0 unspecified atom stereocenters. The van der Waals surface area contributed by atoms with Gasteiger partial charge in [0.15, 0.2) is 0 Å². The predicted molar refractivity (Wildman–Crippen MR) is 60.3 cm³/mol. The Morgan fingerprint density at radius 1 is 1.21 bits per heavy atom. The molecule has 78 valence electrons. The molecule has 2 nitrogen and oxygen atoms in total. The zero-order valence-corrected chi connectivity index (χ0v) is 9.38. The summed E-state index contributed by atoms with van der Waals surface area (Å²) in [5.41, 5.74) is 1.72. The molecular weight excluding hydrogens is 172 g/mol. The number of hydrogen-bond acceptors (Lipinski definition) is 2. The van der Waals surface area contributed by atoms with E-state index in [1.54, 1.807) is 0 Å². The summed E-state index contributed by atoms with van der Waals surface area (Å²) < 4.78 is 0. The normalized spacial score (nSPS) is 11.6. The summed E-state index contributed by atoms with van der Waals surface area (Å²) in [5.74, 6) is 0. The van der Waals surface area contributed by atoms with Crippen molar-refractivity contribution >= 4 is 0 Å². The van der Waals surface area contributed by atoms with Crippen LogP contribution in [-0.2, 0) is 6.42 Å². The zero-order chi connectivity index (χ0) is 10.4. The maximum atomic E-state index is 3.99. The second kappa shape index (κ2) is 5.11. The van der Waals surface area contributed by atoms with E-state index in [2.05, 4.69) is 43.2 Å². The van der Waals surface area contributed by atoms with E-state index in [-0.39, 0.29) is 0 Å². The zero-order valence-electron chi connectivity index (χ0n) is 9.38. The molecule has 0 atom stereocenters. The van der Waals surface area contributed by atoms with Crippen molar-refractivity contribution in [3.63, 3.8) is 0 Å². The van der Waals surface area contributed by atoms with Crippen LogP contribution in [0.5, 0.6) is 0 Å². The molecule has 0 fully saturated rings. The van der Waals surface area contributed by atoms with Crippen molar-refractivity contribution in [2.75, 3.05) is 13.1 Å². The van der Waals surface area contributed by atoms with Crippen molar-refractivity contribution < 1.29 is 0 Å². The minimum atomic E-state index is 0.373. The van der Waals surface area contributed by atoms with Crippen LogP contribution in [0.15, 0.2) is 24.5 Å². The highest BCUT2D eigenvalue weighted by Gasteiger charge is 2.08. The standard InChI is InChI=1S/C12H20N2/c1-12(2,3)10-14-9-6-11-4-7-13-8-5-11/h4-5,7-8,14H,6,9-10H2,1-3H3. The molecule has 0 bridgehead atoms. The first-order valence-electron chi connectivity index (χ1n) is 5.17. The third-order valence-corrected chi connectivity index (χ3v) is 2.00. The molecule has 2 heteroatoms. The first-order chi connectivity index (χ1) is 6.58. The van der Waals surface area contributed by atoms with Gasteiger partial charge in [0.2, 0.25) is 0 Å². The Kier molecular flexibility index (Phi) is 4.08. The number of nitrogens with zero attached hydrogens (tertiary/aromatic N) is 1.